The number of hydrogen-bond acceptors (Lipinski definition) is 5. The number of thiophene rings is 1. The van der Waals surface area contributed by atoms with Gasteiger partial charge in [-0.1, -0.05) is 32.9 Å². The number of nitrogens with zero attached hydrogens (tertiary/aromatic N) is 2. The van der Waals surface area contributed by atoms with Gasteiger partial charge in [0.1, 0.15) is 0 Å². The quantitative estimate of drug-likeness (QED) is 0.922. The molecule has 2 N–H and O–H groups in total. The lowest BCUT2D eigenvalue weighted by Gasteiger charge is -2.14. The average Bonchev–Trinajstić information content (AvgIpc) is 2.82. The molecule has 0 bridgehead atoms. The van der Waals surface area contributed by atoms with Crippen LogP contribution in [0.2, 0.25) is 0 Å². The van der Waals surface area contributed by atoms with Crippen LogP contribution in [0.25, 0.3) is 11.5 Å². The van der Waals surface area contributed by atoms with E-state index in [-0.39, 0.29) is 5.41 Å². The van der Waals surface area contributed by atoms with E-state index in [1.165, 1.54) is 4.88 Å². The molecule has 2 heterocycles. The van der Waals surface area contributed by atoms with Crippen molar-refractivity contribution in [3.63, 3.8) is 0 Å². The molecule has 0 saturated heterocycles. The summed E-state index contributed by atoms with van der Waals surface area (Å²) in [4.78, 5) is 5.66. The SMILES string of the molecule is CCc1cc(-c2nc(CC(C)(C)C)no2)c(N)s1. The molecular weight excluding hydrogens is 246 g/mol. The second-order valence-corrected chi connectivity index (χ2v) is 6.77. The van der Waals surface area contributed by atoms with Gasteiger partial charge in [-0.05, 0) is 17.9 Å². The zero-order chi connectivity index (χ0) is 13.3. The van der Waals surface area contributed by atoms with E-state index in [0.717, 1.165) is 29.2 Å². The number of rotatable bonds is 3. The predicted octanol–water partition coefficient (Wildman–Crippen LogP) is 3.53. The highest BCUT2D eigenvalue weighted by Crippen LogP contribution is 2.33. The van der Waals surface area contributed by atoms with Gasteiger partial charge in [0.15, 0.2) is 5.82 Å². The summed E-state index contributed by atoms with van der Waals surface area (Å²) in [5, 5.41) is 4.77. The van der Waals surface area contributed by atoms with E-state index in [2.05, 4.69) is 37.8 Å². The van der Waals surface area contributed by atoms with Gasteiger partial charge in [0.25, 0.3) is 5.89 Å². The summed E-state index contributed by atoms with van der Waals surface area (Å²) in [6, 6.07) is 2.04. The van der Waals surface area contributed by atoms with Crippen LogP contribution in [0.5, 0.6) is 0 Å². The molecule has 0 fully saturated rings. The first-order valence-corrected chi connectivity index (χ1v) is 6.92. The first kappa shape index (κ1) is 13.1. The maximum atomic E-state index is 5.98. The first-order chi connectivity index (χ1) is 8.39. The lowest BCUT2D eigenvalue weighted by Crippen LogP contribution is -2.10. The van der Waals surface area contributed by atoms with E-state index in [4.69, 9.17) is 10.3 Å². The Hall–Kier alpha value is -1.36. The van der Waals surface area contributed by atoms with Gasteiger partial charge < -0.3 is 10.3 Å². The smallest absolute Gasteiger partial charge is 0.260 e. The van der Waals surface area contributed by atoms with Gasteiger partial charge >= 0.3 is 0 Å². The number of nitrogen functional groups attached to an aromatic ring is 1. The molecule has 0 aliphatic heterocycles. The van der Waals surface area contributed by atoms with E-state index in [1.54, 1.807) is 11.3 Å². The molecule has 5 heteroatoms. The van der Waals surface area contributed by atoms with Crippen molar-refractivity contribution < 1.29 is 4.52 Å². The predicted molar refractivity (Wildman–Crippen MR) is 74.6 cm³/mol. The Morgan fingerprint density at radius 1 is 1.39 bits per heavy atom. The standard InChI is InChI=1S/C13H19N3OS/c1-5-8-6-9(11(14)18-8)12-15-10(16-17-12)7-13(2,3)4/h6H,5,7,14H2,1-4H3. The van der Waals surface area contributed by atoms with E-state index in [0.29, 0.717) is 5.89 Å². The molecule has 2 rings (SSSR count). The minimum Gasteiger partial charge on any atom is -0.390 e. The molecule has 0 unspecified atom stereocenters. The number of aromatic nitrogens is 2. The van der Waals surface area contributed by atoms with Crippen molar-refractivity contribution in [3.05, 3.63) is 16.8 Å². The van der Waals surface area contributed by atoms with Crippen LogP contribution in [0.1, 0.15) is 38.4 Å². The fourth-order valence-corrected chi connectivity index (χ4v) is 2.57. The minimum absolute atomic E-state index is 0.149. The summed E-state index contributed by atoms with van der Waals surface area (Å²) >= 11 is 1.58. The average molecular weight is 265 g/mol. The largest absolute Gasteiger partial charge is 0.390 e. The molecule has 0 aliphatic rings. The lowest BCUT2D eigenvalue weighted by molar-refractivity contribution is 0.374. The van der Waals surface area contributed by atoms with Crippen molar-refractivity contribution in [2.75, 3.05) is 5.73 Å². The van der Waals surface area contributed by atoms with Crippen LogP contribution >= 0.6 is 11.3 Å². The van der Waals surface area contributed by atoms with Crippen LogP contribution < -0.4 is 5.73 Å². The summed E-state index contributed by atoms with van der Waals surface area (Å²) in [5.74, 6) is 1.27. The molecule has 0 aliphatic carbocycles. The van der Waals surface area contributed by atoms with E-state index in [9.17, 15) is 0 Å². The van der Waals surface area contributed by atoms with Crippen LogP contribution in [0.4, 0.5) is 5.00 Å². The Morgan fingerprint density at radius 2 is 2.11 bits per heavy atom. The molecule has 98 valence electrons. The lowest BCUT2D eigenvalue weighted by atomic mass is 9.92. The Labute approximate surface area is 111 Å². The molecule has 2 aromatic heterocycles. The highest BCUT2D eigenvalue weighted by atomic mass is 32.1. The van der Waals surface area contributed by atoms with Gasteiger partial charge in [0.05, 0.1) is 10.6 Å². The zero-order valence-electron chi connectivity index (χ0n) is 11.3. The van der Waals surface area contributed by atoms with Crippen molar-refractivity contribution in [3.8, 4) is 11.5 Å². The monoisotopic (exact) mass is 265 g/mol. The summed E-state index contributed by atoms with van der Waals surface area (Å²) in [5.41, 5.74) is 6.99. The molecule has 0 spiro atoms. The fraction of sp³-hybridized carbons (Fsp3) is 0.538. The van der Waals surface area contributed by atoms with E-state index in [1.807, 2.05) is 6.07 Å². The van der Waals surface area contributed by atoms with Crippen molar-refractivity contribution >= 4 is 16.3 Å². The maximum Gasteiger partial charge on any atom is 0.260 e. The fourth-order valence-electron chi connectivity index (χ4n) is 1.71. The molecule has 0 radical (unpaired) electrons. The first-order valence-electron chi connectivity index (χ1n) is 6.10. The minimum atomic E-state index is 0.149. The van der Waals surface area contributed by atoms with E-state index >= 15 is 0 Å². The third-order valence-electron chi connectivity index (χ3n) is 2.55. The van der Waals surface area contributed by atoms with Crippen molar-refractivity contribution in [1.82, 2.24) is 10.1 Å². The second kappa shape index (κ2) is 4.72. The zero-order valence-corrected chi connectivity index (χ0v) is 12.1. The highest BCUT2D eigenvalue weighted by molar-refractivity contribution is 7.16. The molecular formula is C13H19N3OS. The van der Waals surface area contributed by atoms with Gasteiger partial charge in [0, 0.05) is 11.3 Å². The molecule has 0 atom stereocenters. The number of aryl methyl sites for hydroxylation is 1. The topological polar surface area (TPSA) is 64.9 Å². The second-order valence-electron chi connectivity index (χ2n) is 5.60. The molecule has 2 aromatic rings. The van der Waals surface area contributed by atoms with Crippen molar-refractivity contribution in [2.45, 2.75) is 40.5 Å². The Kier molecular flexibility index (Phi) is 3.43. The maximum absolute atomic E-state index is 5.98. The molecule has 18 heavy (non-hydrogen) atoms. The van der Waals surface area contributed by atoms with Crippen LogP contribution in [-0.2, 0) is 12.8 Å². The number of anilines is 1. The Morgan fingerprint density at radius 3 is 2.67 bits per heavy atom. The van der Waals surface area contributed by atoms with Crippen LogP contribution in [0.3, 0.4) is 0 Å². The Balaban J connectivity index is 2.26. The van der Waals surface area contributed by atoms with Gasteiger partial charge in [-0.15, -0.1) is 11.3 Å². The van der Waals surface area contributed by atoms with Gasteiger partial charge in [-0.3, -0.25) is 0 Å². The third-order valence-corrected chi connectivity index (χ3v) is 3.66. The van der Waals surface area contributed by atoms with E-state index < -0.39 is 0 Å². The highest BCUT2D eigenvalue weighted by Gasteiger charge is 2.19. The van der Waals surface area contributed by atoms with Crippen LogP contribution in [0, 0.1) is 5.41 Å². The van der Waals surface area contributed by atoms with Crippen molar-refractivity contribution in [2.24, 2.45) is 5.41 Å². The number of nitrogens with two attached hydrogens (primary N) is 1. The summed E-state index contributed by atoms with van der Waals surface area (Å²) in [6.07, 6.45) is 1.76. The normalized spacial score (nSPS) is 12.0. The van der Waals surface area contributed by atoms with Crippen LogP contribution in [0.15, 0.2) is 10.6 Å². The van der Waals surface area contributed by atoms with Gasteiger partial charge in [-0.2, -0.15) is 4.98 Å². The molecule has 0 saturated carbocycles. The summed E-state index contributed by atoms with van der Waals surface area (Å²) < 4.78 is 5.30. The molecule has 0 amide bonds. The molecule has 4 nitrogen and oxygen atoms in total. The summed E-state index contributed by atoms with van der Waals surface area (Å²) in [7, 11) is 0. The van der Waals surface area contributed by atoms with Crippen LogP contribution in [-0.4, -0.2) is 10.1 Å². The van der Waals surface area contributed by atoms with Gasteiger partial charge in [0.2, 0.25) is 0 Å². The Bertz CT molecular complexity index is 537. The third kappa shape index (κ3) is 2.90. The molecule has 0 aromatic carbocycles. The summed E-state index contributed by atoms with van der Waals surface area (Å²) in [6.45, 7) is 8.55. The number of hydrogen-bond donors (Lipinski definition) is 1. The van der Waals surface area contributed by atoms with Gasteiger partial charge in [-0.25, -0.2) is 0 Å². The van der Waals surface area contributed by atoms with Crippen molar-refractivity contribution in [1.29, 1.82) is 0 Å².